The molecule has 114 valence electrons. The van der Waals surface area contributed by atoms with E-state index in [2.05, 4.69) is 68.0 Å². The van der Waals surface area contributed by atoms with Crippen LogP contribution in [0.4, 0.5) is 0 Å². The average Bonchev–Trinajstić information content (AvgIpc) is 2.94. The summed E-state index contributed by atoms with van der Waals surface area (Å²) in [5.41, 5.74) is 4.40. The molecule has 2 atom stereocenters. The predicted molar refractivity (Wildman–Crippen MR) is 98.0 cm³/mol. The Morgan fingerprint density at radius 3 is 2.73 bits per heavy atom. The van der Waals surface area contributed by atoms with Crippen LogP contribution in [0.1, 0.15) is 36.8 Å². The van der Waals surface area contributed by atoms with Gasteiger partial charge in [-0.05, 0) is 51.7 Å². The Kier molecular flexibility index (Phi) is 4.21. The molecule has 0 spiro atoms. The van der Waals surface area contributed by atoms with Crippen molar-refractivity contribution in [1.82, 2.24) is 4.90 Å². The fraction of sp³-hybridized carbons (Fsp3) is 0.368. The third kappa shape index (κ3) is 2.82. The van der Waals surface area contributed by atoms with Crippen LogP contribution in [-0.4, -0.2) is 17.0 Å². The molecule has 0 radical (unpaired) electrons. The molecule has 0 amide bonds. The summed E-state index contributed by atoms with van der Waals surface area (Å²) in [5.74, 6) is 0. The monoisotopic (exact) mass is 373 g/mol. The van der Waals surface area contributed by atoms with Crippen LogP contribution in [-0.2, 0) is 6.54 Å². The Balaban J connectivity index is 1.61. The molecule has 2 aliphatic rings. The van der Waals surface area contributed by atoms with Gasteiger partial charge in [0.25, 0.3) is 0 Å². The van der Waals surface area contributed by atoms with Gasteiger partial charge in [0.05, 0.1) is 0 Å². The van der Waals surface area contributed by atoms with Crippen molar-refractivity contribution >= 4 is 32.8 Å². The molecule has 2 bridgehead atoms. The SMILES string of the molecule is Brc1cscc1C1=CC2CCCC(C1)N2Cc1ccccc1. The number of nitrogens with zero attached hydrogens (tertiary/aromatic N) is 1. The number of piperidine rings is 1. The van der Waals surface area contributed by atoms with E-state index in [0.29, 0.717) is 12.1 Å². The van der Waals surface area contributed by atoms with E-state index in [1.807, 2.05) is 0 Å². The Bertz CT molecular complexity index is 676. The van der Waals surface area contributed by atoms with E-state index < -0.39 is 0 Å². The molecule has 2 unspecified atom stereocenters. The third-order valence-electron chi connectivity index (χ3n) is 4.95. The Hall–Kier alpha value is -0.900. The van der Waals surface area contributed by atoms with Crippen LogP contribution in [0.5, 0.6) is 0 Å². The Labute approximate surface area is 144 Å². The van der Waals surface area contributed by atoms with Crippen molar-refractivity contribution in [3.63, 3.8) is 0 Å². The standard InChI is InChI=1S/C19H20BrNS/c20-19-13-22-12-18(19)15-9-16-7-4-8-17(10-15)21(16)11-14-5-2-1-3-6-14/h1-3,5-6,9,12-13,16-17H,4,7-8,10-11H2. The number of halogens is 1. The molecule has 1 aromatic carbocycles. The second kappa shape index (κ2) is 6.31. The first-order valence-electron chi connectivity index (χ1n) is 8.03. The lowest BCUT2D eigenvalue weighted by atomic mass is 9.83. The van der Waals surface area contributed by atoms with Crippen LogP contribution in [0.2, 0.25) is 0 Å². The zero-order chi connectivity index (χ0) is 14.9. The first kappa shape index (κ1) is 14.7. The number of hydrogen-bond donors (Lipinski definition) is 0. The molecule has 2 aromatic rings. The summed E-state index contributed by atoms with van der Waals surface area (Å²) in [5, 5.41) is 4.49. The third-order valence-corrected chi connectivity index (χ3v) is 6.65. The van der Waals surface area contributed by atoms with Gasteiger partial charge in [-0.2, -0.15) is 11.3 Å². The minimum absolute atomic E-state index is 0.606. The Morgan fingerprint density at radius 2 is 2.00 bits per heavy atom. The van der Waals surface area contributed by atoms with Crippen molar-refractivity contribution in [3.05, 3.63) is 62.8 Å². The second-order valence-electron chi connectivity index (χ2n) is 6.34. The summed E-state index contributed by atoms with van der Waals surface area (Å²) >= 11 is 5.50. The molecule has 1 fully saturated rings. The molecule has 0 aliphatic carbocycles. The van der Waals surface area contributed by atoms with Crippen molar-refractivity contribution in [2.24, 2.45) is 0 Å². The fourth-order valence-electron chi connectivity index (χ4n) is 3.87. The van der Waals surface area contributed by atoms with Gasteiger partial charge in [-0.15, -0.1) is 0 Å². The van der Waals surface area contributed by atoms with Crippen LogP contribution in [0.3, 0.4) is 0 Å². The lowest BCUT2D eigenvalue weighted by Crippen LogP contribution is -2.47. The van der Waals surface area contributed by atoms with E-state index in [0.717, 1.165) is 6.54 Å². The normalized spacial score (nSPS) is 25.0. The number of thiophene rings is 1. The molecule has 1 aromatic heterocycles. The quantitative estimate of drug-likeness (QED) is 0.664. The molecule has 2 aliphatic heterocycles. The van der Waals surface area contributed by atoms with Crippen LogP contribution in [0, 0.1) is 0 Å². The predicted octanol–water partition coefficient (Wildman–Crippen LogP) is 5.72. The highest BCUT2D eigenvalue weighted by Gasteiger charge is 2.34. The van der Waals surface area contributed by atoms with Crippen molar-refractivity contribution < 1.29 is 0 Å². The summed E-state index contributed by atoms with van der Waals surface area (Å²) in [6, 6.07) is 12.2. The highest BCUT2D eigenvalue weighted by Crippen LogP contribution is 2.40. The highest BCUT2D eigenvalue weighted by molar-refractivity contribution is 9.10. The minimum atomic E-state index is 0.606. The van der Waals surface area contributed by atoms with Crippen LogP contribution >= 0.6 is 27.3 Å². The van der Waals surface area contributed by atoms with E-state index in [1.165, 1.54) is 41.3 Å². The van der Waals surface area contributed by atoms with Crippen LogP contribution in [0.15, 0.2) is 51.6 Å². The molecular formula is C19H20BrNS. The topological polar surface area (TPSA) is 3.24 Å². The van der Waals surface area contributed by atoms with E-state index >= 15 is 0 Å². The Morgan fingerprint density at radius 1 is 1.14 bits per heavy atom. The molecule has 0 N–H and O–H groups in total. The van der Waals surface area contributed by atoms with Gasteiger partial charge in [-0.3, -0.25) is 4.90 Å². The molecule has 22 heavy (non-hydrogen) atoms. The zero-order valence-electron chi connectivity index (χ0n) is 12.5. The van der Waals surface area contributed by atoms with Crippen LogP contribution in [0.25, 0.3) is 5.57 Å². The maximum Gasteiger partial charge on any atom is 0.0357 e. The molecule has 0 saturated carbocycles. The van der Waals surface area contributed by atoms with Gasteiger partial charge in [0.1, 0.15) is 0 Å². The summed E-state index contributed by atoms with van der Waals surface area (Å²) < 4.78 is 1.26. The van der Waals surface area contributed by atoms with E-state index in [1.54, 1.807) is 16.9 Å². The van der Waals surface area contributed by atoms with Crippen LogP contribution < -0.4 is 0 Å². The van der Waals surface area contributed by atoms with Gasteiger partial charge in [-0.25, -0.2) is 0 Å². The summed E-state index contributed by atoms with van der Waals surface area (Å²) in [6.07, 6.45) is 7.73. The highest BCUT2D eigenvalue weighted by atomic mass is 79.9. The second-order valence-corrected chi connectivity index (χ2v) is 7.94. The van der Waals surface area contributed by atoms with Crippen molar-refractivity contribution in [1.29, 1.82) is 0 Å². The number of fused-ring (bicyclic) bond motifs is 2. The van der Waals surface area contributed by atoms with E-state index in [9.17, 15) is 0 Å². The van der Waals surface area contributed by atoms with Gasteiger partial charge in [0.15, 0.2) is 0 Å². The van der Waals surface area contributed by atoms with E-state index in [4.69, 9.17) is 0 Å². The molecular weight excluding hydrogens is 354 g/mol. The molecule has 1 nitrogen and oxygen atoms in total. The summed E-state index contributed by atoms with van der Waals surface area (Å²) in [6.45, 7) is 1.09. The fourth-order valence-corrected chi connectivity index (χ4v) is 5.44. The molecule has 3 heteroatoms. The zero-order valence-corrected chi connectivity index (χ0v) is 14.9. The van der Waals surface area contributed by atoms with Gasteiger partial charge >= 0.3 is 0 Å². The van der Waals surface area contributed by atoms with Gasteiger partial charge in [0, 0.05) is 34.0 Å². The van der Waals surface area contributed by atoms with Crippen molar-refractivity contribution in [3.8, 4) is 0 Å². The summed E-state index contributed by atoms with van der Waals surface area (Å²) in [7, 11) is 0. The van der Waals surface area contributed by atoms with E-state index in [-0.39, 0.29) is 0 Å². The van der Waals surface area contributed by atoms with Crippen molar-refractivity contribution in [2.75, 3.05) is 0 Å². The molecule has 4 rings (SSSR count). The first-order chi connectivity index (χ1) is 10.8. The summed E-state index contributed by atoms with van der Waals surface area (Å²) in [4.78, 5) is 2.72. The largest absolute Gasteiger partial charge is 0.289 e. The smallest absolute Gasteiger partial charge is 0.0357 e. The van der Waals surface area contributed by atoms with Gasteiger partial charge < -0.3 is 0 Å². The van der Waals surface area contributed by atoms with Gasteiger partial charge in [0.2, 0.25) is 0 Å². The van der Waals surface area contributed by atoms with Crippen molar-refractivity contribution in [2.45, 2.75) is 44.3 Å². The average molecular weight is 374 g/mol. The number of benzene rings is 1. The lowest BCUT2D eigenvalue weighted by Gasteiger charge is -2.45. The molecule has 1 saturated heterocycles. The maximum absolute atomic E-state index is 3.71. The minimum Gasteiger partial charge on any atom is -0.289 e. The lowest BCUT2D eigenvalue weighted by molar-refractivity contribution is 0.0951. The number of hydrogen-bond acceptors (Lipinski definition) is 2. The molecule has 3 heterocycles. The number of rotatable bonds is 3. The first-order valence-corrected chi connectivity index (χ1v) is 9.77. The van der Waals surface area contributed by atoms with Gasteiger partial charge in [-0.1, -0.05) is 42.8 Å². The maximum atomic E-state index is 3.71.